The lowest BCUT2D eigenvalue weighted by Crippen LogP contribution is -2.21. The average molecular weight is 701 g/mol. The van der Waals surface area contributed by atoms with E-state index in [4.69, 9.17) is 0 Å². The molecule has 1 aliphatic heterocycles. The van der Waals surface area contributed by atoms with Crippen molar-refractivity contribution in [1.82, 2.24) is 4.57 Å². The van der Waals surface area contributed by atoms with Crippen molar-refractivity contribution in [3.63, 3.8) is 0 Å². The fourth-order valence-electron chi connectivity index (χ4n) is 7.10. The number of aromatic nitrogens is 1. The maximum absolute atomic E-state index is 2.38. The first kappa shape index (κ1) is 36.0. The smallest absolute Gasteiger partial charge is 0.0541 e. The van der Waals surface area contributed by atoms with Crippen molar-refractivity contribution in [1.29, 1.82) is 0 Å². The highest BCUT2D eigenvalue weighted by atomic mass is 15.1. The van der Waals surface area contributed by atoms with Gasteiger partial charge in [0, 0.05) is 34.4 Å². The number of nitrogens with zero attached hydrogens (tertiary/aromatic N) is 2. The van der Waals surface area contributed by atoms with Crippen LogP contribution in [0.5, 0.6) is 0 Å². The molecule has 0 unspecified atom stereocenters. The lowest BCUT2D eigenvalue weighted by Gasteiger charge is -2.25. The van der Waals surface area contributed by atoms with Gasteiger partial charge in [-0.3, -0.25) is 0 Å². The van der Waals surface area contributed by atoms with Gasteiger partial charge in [0.2, 0.25) is 0 Å². The molecular weight excluding hydrogens is 653 g/mol. The Morgan fingerprint density at radius 2 is 1.22 bits per heavy atom. The van der Waals surface area contributed by atoms with Crippen LogP contribution in [-0.4, -0.2) is 11.1 Å². The number of allylic oxidation sites excluding steroid dienone is 14. The van der Waals surface area contributed by atoms with Crippen molar-refractivity contribution in [2.45, 2.75) is 33.1 Å². The fourth-order valence-corrected chi connectivity index (χ4v) is 7.10. The maximum atomic E-state index is 2.38. The molecule has 5 aromatic carbocycles. The molecule has 0 radical (unpaired) electrons. The largest absolute Gasteiger partial charge is 0.338 e. The summed E-state index contributed by atoms with van der Waals surface area (Å²) < 4.78 is 2.36. The summed E-state index contributed by atoms with van der Waals surface area (Å²) in [4.78, 5) is 2.38. The van der Waals surface area contributed by atoms with E-state index in [0.29, 0.717) is 0 Å². The molecule has 2 heterocycles. The van der Waals surface area contributed by atoms with Gasteiger partial charge >= 0.3 is 0 Å². The van der Waals surface area contributed by atoms with E-state index in [9.17, 15) is 0 Å². The van der Waals surface area contributed by atoms with Crippen molar-refractivity contribution < 1.29 is 0 Å². The molecule has 1 aliphatic rings. The molecule has 0 fully saturated rings. The van der Waals surface area contributed by atoms with Gasteiger partial charge in [-0.1, -0.05) is 164 Å². The summed E-state index contributed by atoms with van der Waals surface area (Å²) in [6.07, 6.45) is 33.4. The Labute approximate surface area is 321 Å². The van der Waals surface area contributed by atoms with Crippen LogP contribution in [0.3, 0.4) is 0 Å². The molecule has 2 nitrogen and oxygen atoms in total. The molecule has 2 heteroatoms. The van der Waals surface area contributed by atoms with Crippen molar-refractivity contribution in [3.05, 3.63) is 223 Å². The number of para-hydroxylation sites is 2. The molecule has 266 valence electrons. The number of anilines is 1. The molecule has 0 saturated carbocycles. The molecule has 0 atom stereocenters. The molecule has 0 saturated heterocycles. The predicted molar refractivity (Wildman–Crippen MR) is 235 cm³/mol. The van der Waals surface area contributed by atoms with Crippen LogP contribution in [0.25, 0.3) is 44.2 Å². The van der Waals surface area contributed by atoms with Crippen LogP contribution in [0.2, 0.25) is 0 Å². The standard InChI is InChI=1S/C52H48N2/c1-3-5-10-22-46-23-11-8-6-7-9-18-40-53(46)47-36-32-44(33-37-47)42(19-4-2)21-13-12-20-41-28-30-43(31-29-41)45-34-38-48(39-35-45)54-51-26-16-14-24-49(51)50-25-15-17-27-52(50)54/h3-6,8-10,12-19,21-39H,7,11,20,40H2,1-2H3/b5-3-,8-6?,13-12+,18-9-,19-4-,22-10-,42-21+,46-23-. The van der Waals surface area contributed by atoms with Crippen molar-refractivity contribution in [2.75, 3.05) is 11.4 Å². The van der Waals surface area contributed by atoms with Crippen LogP contribution in [0.4, 0.5) is 5.69 Å². The van der Waals surface area contributed by atoms with Crippen LogP contribution in [0.15, 0.2) is 212 Å². The summed E-state index contributed by atoms with van der Waals surface area (Å²) in [5.74, 6) is 0. The van der Waals surface area contributed by atoms with E-state index >= 15 is 0 Å². The van der Waals surface area contributed by atoms with Gasteiger partial charge in [0.1, 0.15) is 0 Å². The van der Waals surface area contributed by atoms with E-state index in [2.05, 4.69) is 223 Å². The Morgan fingerprint density at radius 1 is 0.593 bits per heavy atom. The highest BCUT2D eigenvalue weighted by Crippen LogP contribution is 2.33. The molecule has 1 aromatic heterocycles. The molecule has 0 spiro atoms. The molecule has 54 heavy (non-hydrogen) atoms. The highest BCUT2D eigenvalue weighted by Gasteiger charge is 2.12. The zero-order valence-electron chi connectivity index (χ0n) is 31.4. The van der Waals surface area contributed by atoms with Gasteiger partial charge < -0.3 is 9.47 Å². The van der Waals surface area contributed by atoms with Gasteiger partial charge in [-0.15, -0.1) is 0 Å². The Balaban J connectivity index is 1.02. The number of benzene rings is 5. The van der Waals surface area contributed by atoms with Gasteiger partial charge in [0.15, 0.2) is 0 Å². The van der Waals surface area contributed by atoms with Crippen molar-refractivity contribution >= 4 is 33.1 Å². The van der Waals surface area contributed by atoms with Crippen molar-refractivity contribution in [2.24, 2.45) is 0 Å². The minimum absolute atomic E-state index is 0.830. The third-order valence-electron chi connectivity index (χ3n) is 9.86. The van der Waals surface area contributed by atoms with Crippen LogP contribution in [-0.2, 0) is 6.42 Å². The first-order valence-corrected chi connectivity index (χ1v) is 19.1. The quantitative estimate of drug-likeness (QED) is 0.102. The first-order valence-electron chi connectivity index (χ1n) is 19.1. The second kappa shape index (κ2) is 17.9. The van der Waals surface area contributed by atoms with Crippen LogP contribution in [0.1, 0.15) is 37.8 Å². The Morgan fingerprint density at radius 3 is 1.91 bits per heavy atom. The SMILES string of the molecule is C\C=C/C=C\C1=C\CC=CC/C=C\CN1c1ccc(C(/C=C\C)=C/C=C/Cc2ccc(-c3ccc(-n4c5ccccc5c5ccccc54)cc3)cc2)cc1. The van der Waals surface area contributed by atoms with E-state index in [1.165, 1.54) is 66.7 Å². The lowest BCUT2D eigenvalue weighted by atomic mass is 10.0. The second-order valence-electron chi connectivity index (χ2n) is 13.5. The highest BCUT2D eigenvalue weighted by molar-refractivity contribution is 6.09. The van der Waals surface area contributed by atoms with Crippen molar-refractivity contribution in [3.8, 4) is 16.8 Å². The lowest BCUT2D eigenvalue weighted by molar-refractivity contribution is 1.02. The number of rotatable bonds is 10. The number of fused-ring (bicyclic) bond motifs is 3. The number of hydrogen-bond acceptors (Lipinski definition) is 1. The zero-order valence-corrected chi connectivity index (χ0v) is 31.4. The molecule has 0 amide bonds. The zero-order chi connectivity index (χ0) is 37.0. The van der Waals surface area contributed by atoms with Gasteiger partial charge in [-0.25, -0.2) is 0 Å². The summed E-state index contributed by atoms with van der Waals surface area (Å²) >= 11 is 0. The second-order valence-corrected chi connectivity index (χ2v) is 13.5. The van der Waals surface area contributed by atoms with Gasteiger partial charge in [-0.05, 0) is 103 Å². The average Bonchev–Trinajstić information content (AvgIpc) is 3.56. The number of hydrogen-bond donors (Lipinski definition) is 0. The molecule has 0 aliphatic carbocycles. The normalized spacial score (nSPS) is 16.0. The molecule has 0 bridgehead atoms. The van der Waals surface area contributed by atoms with E-state index in [1.807, 2.05) is 6.92 Å². The first-order chi connectivity index (χ1) is 26.7. The Bertz CT molecular complexity index is 2370. The molecule has 0 N–H and O–H groups in total. The van der Waals surface area contributed by atoms with Crippen LogP contribution >= 0.6 is 0 Å². The van der Waals surface area contributed by atoms with E-state index in [1.54, 1.807) is 0 Å². The summed E-state index contributed by atoms with van der Waals surface area (Å²) in [5.41, 5.74) is 12.1. The van der Waals surface area contributed by atoms with Crippen LogP contribution in [0, 0.1) is 0 Å². The third-order valence-corrected chi connectivity index (χ3v) is 9.86. The van der Waals surface area contributed by atoms with E-state index < -0.39 is 0 Å². The Kier molecular flexibility index (Phi) is 11.9. The van der Waals surface area contributed by atoms with E-state index in [0.717, 1.165) is 25.8 Å². The summed E-state index contributed by atoms with van der Waals surface area (Å²) in [6.45, 7) is 4.95. The summed E-state index contributed by atoms with van der Waals surface area (Å²) in [7, 11) is 0. The minimum Gasteiger partial charge on any atom is -0.338 e. The van der Waals surface area contributed by atoms with Gasteiger partial charge in [0.05, 0.1) is 11.0 Å². The fraction of sp³-hybridized carbons (Fsp3) is 0.115. The van der Waals surface area contributed by atoms with E-state index in [-0.39, 0.29) is 0 Å². The minimum atomic E-state index is 0.830. The van der Waals surface area contributed by atoms with Gasteiger partial charge in [0.25, 0.3) is 0 Å². The maximum Gasteiger partial charge on any atom is 0.0541 e. The Hall–Kier alpha value is -6.38. The molecular formula is C52H48N2. The monoisotopic (exact) mass is 700 g/mol. The van der Waals surface area contributed by atoms with Crippen LogP contribution < -0.4 is 4.90 Å². The summed E-state index contributed by atoms with van der Waals surface area (Å²) in [6, 6.07) is 44.2. The molecule has 7 rings (SSSR count). The topological polar surface area (TPSA) is 8.17 Å². The predicted octanol–water partition coefficient (Wildman–Crippen LogP) is 13.9. The molecule has 6 aromatic rings. The van der Waals surface area contributed by atoms with Gasteiger partial charge in [-0.2, -0.15) is 0 Å². The summed E-state index contributed by atoms with van der Waals surface area (Å²) in [5, 5.41) is 2.57. The third kappa shape index (κ3) is 8.46.